The molecule has 2 atom stereocenters. The number of likely N-dealkylation sites (N-methyl/N-ethyl adjacent to an activating group) is 1. The summed E-state index contributed by atoms with van der Waals surface area (Å²) in [5.74, 6) is -0.0926. The van der Waals surface area contributed by atoms with E-state index in [2.05, 4.69) is 29.4 Å². The molecule has 0 radical (unpaired) electrons. The fraction of sp³-hybridized carbons (Fsp3) is 0.533. The molecule has 0 bridgehead atoms. The number of hydrogen-bond donors (Lipinski definition) is 2. The van der Waals surface area contributed by atoms with Gasteiger partial charge in [0.1, 0.15) is 0 Å². The van der Waals surface area contributed by atoms with Crippen LogP contribution in [0.2, 0.25) is 0 Å². The predicted molar refractivity (Wildman–Crippen MR) is 85.8 cm³/mol. The van der Waals surface area contributed by atoms with E-state index in [-0.39, 0.29) is 30.3 Å². The second-order valence-electron chi connectivity index (χ2n) is 5.23. The molecule has 20 heavy (non-hydrogen) atoms. The molecule has 0 aliphatic heterocycles. The topological polar surface area (TPSA) is 58.4 Å². The van der Waals surface area contributed by atoms with E-state index in [1.165, 1.54) is 5.56 Å². The van der Waals surface area contributed by atoms with E-state index >= 15 is 0 Å². The molecule has 4 nitrogen and oxygen atoms in total. The Kier molecular flexibility index (Phi) is 9.21. The lowest BCUT2D eigenvalue weighted by Crippen LogP contribution is -2.43. The van der Waals surface area contributed by atoms with Crippen molar-refractivity contribution in [3.8, 4) is 0 Å². The maximum Gasteiger partial charge on any atom is 0.224 e. The van der Waals surface area contributed by atoms with E-state index < -0.39 is 0 Å². The van der Waals surface area contributed by atoms with E-state index in [1.807, 2.05) is 32.0 Å². The summed E-state index contributed by atoms with van der Waals surface area (Å²) in [5, 5.41) is 2.99. The second-order valence-corrected chi connectivity index (χ2v) is 5.23. The molecular formula is C15H26ClN3O. The van der Waals surface area contributed by atoms with Crippen LogP contribution in [0, 0.1) is 5.92 Å². The van der Waals surface area contributed by atoms with Crippen molar-refractivity contribution in [2.24, 2.45) is 11.7 Å². The Hall–Kier alpha value is -1.10. The van der Waals surface area contributed by atoms with Gasteiger partial charge in [0.05, 0.1) is 0 Å². The van der Waals surface area contributed by atoms with Crippen molar-refractivity contribution in [1.29, 1.82) is 0 Å². The Morgan fingerprint density at radius 3 is 2.45 bits per heavy atom. The van der Waals surface area contributed by atoms with Gasteiger partial charge in [-0.2, -0.15) is 0 Å². The third kappa shape index (κ3) is 6.89. The molecule has 114 valence electrons. The van der Waals surface area contributed by atoms with Gasteiger partial charge in [0.25, 0.3) is 0 Å². The molecule has 0 saturated heterocycles. The first-order chi connectivity index (χ1) is 9.02. The zero-order valence-corrected chi connectivity index (χ0v) is 13.3. The number of hydrogen-bond acceptors (Lipinski definition) is 3. The summed E-state index contributed by atoms with van der Waals surface area (Å²) in [6.45, 7) is 5.95. The number of benzene rings is 1. The molecule has 1 aromatic carbocycles. The van der Waals surface area contributed by atoms with Gasteiger partial charge in [0, 0.05) is 31.6 Å². The molecule has 0 fully saturated rings. The van der Waals surface area contributed by atoms with Gasteiger partial charge < -0.3 is 16.0 Å². The number of nitrogens with two attached hydrogens (primary N) is 1. The Labute approximate surface area is 128 Å². The summed E-state index contributed by atoms with van der Waals surface area (Å²) < 4.78 is 0. The highest BCUT2D eigenvalue weighted by Crippen LogP contribution is 2.03. The van der Waals surface area contributed by atoms with Crippen molar-refractivity contribution >= 4 is 18.3 Å². The fourth-order valence-electron chi connectivity index (χ4n) is 1.96. The third-order valence-corrected chi connectivity index (χ3v) is 3.07. The average molecular weight is 300 g/mol. The number of rotatable bonds is 7. The van der Waals surface area contributed by atoms with Crippen LogP contribution in [0.3, 0.4) is 0 Å². The van der Waals surface area contributed by atoms with Crippen LogP contribution in [-0.2, 0) is 11.3 Å². The number of halogens is 1. The van der Waals surface area contributed by atoms with Crippen LogP contribution in [0.4, 0.5) is 0 Å². The van der Waals surface area contributed by atoms with Crippen molar-refractivity contribution in [3.05, 3.63) is 35.9 Å². The van der Waals surface area contributed by atoms with E-state index in [0.29, 0.717) is 6.54 Å². The normalized spacial score (nSPS) is 13.4. The van der Waals surface area contributed by atoms with Crippen LogP contribution < -0.4 is 11.1 Å². The van der Waals surface area contributed by atoms with Crippen molar-refractivity contribution in [1.82, 2.24) is 10.2 Å². The summed E-state index contributed by atoms with van der Waals surface area (Å²) in [7, 11) is 2.06. The molecule has 1 rings (SSSR count). The van der Waals surface area contributed by atoms with Gasteiger partial charge >= 0.3 is 0 Å². The summed E-state index contributed by atoms with van der Waals surface area (Å²) in [4.78, 5) is 13.9. The SMILES string of the molecule is CC(CN(C)Cc1ccccc1)NC(=O)C(C)CN.Cl. The van der Waals surface area contributed by atoms with E-state index in [0.717, 1.165) is 13.1 Å². The minimum Gasteiger partial charge on any atom is -0.352 e. The lowest BCUT2D eigenvalue weighted by Gasteiger charge is -2.23. The van der Waals surface area contributed by atoms with Crippen molar-refractivity contribution < 1.29 is 4.79 Å². The predicted octanol–water partition coefficient (Wildman–Crippen LogP) is 1.64. The minimum atomic E-state index is -0.123. The highest BCUT2D eigenvalue weighted by Gasteiger charge is 2.14. The lowest BCUT2D eigenvalue weighted by atomic mass is 10.1. The molecule has 0 aliphatic rings. The van der Waals surface area contributed by atoms with Crippen LogP contribution in [0.1, 0.15) is 19.4 Å². The van der Waals surface area contributed by atoms with Gasteiger partial charge in [-0.15, -0.1) is 12.4 Å². The minimum absolute atomic E-state index is 0. The lowest BCUT2D eigenvalue weighted by molar-refractivity contribution is -0.124. The molecule has 0 heterocycles. The fourth-order valence-corrected chi connectivity index (χ4v) is 1.96. The first-order valence-corrected chi connectivity index (χ1v) is 6.75. The first-order valence-electron chi connectivity index (χ1n) is 6.75. The highest BCUT2D eigenvalue weighted by molar-refractivity contribution is 5.85. The Balaban J connectivity index is 0.00000361. The number of carbonyl (C=O) groups excluding carboxylic acids is 1. The molecular weight excluding hydrogens is 274 g/mol. The van der Waals surface area contributed by atoms with Gasteiger partial charge in [0.2, 0.25) is 5.91 Å². The Bertz CT molecular complexity index is 386. The number of carbonyl (C=O) groups is 1. The smallest absolute Gasteiger partial charge is 0.224 e. The monoisotopic (exact) mass is 299 g/mol. The zero-order valence-electron chi connectivity index (χ0n) is 12.5. The molecule has 2 unspecified atom stereocenters. The van der Waals surface area contributed by atoms with Crippen LogP contribution >= 0.6 is 12.4 Å². The summed E-state index contributed by atoms with van der Waals surface area (Å²) in [5.41, 5.74) is 6.76. The molecule has 0 saturated carbocycles. The van der Waals surface area contributed by atoms with Crippen LogP contribution in [0.15, 0.2) is 30.3 Å². The maximum atomic E-state index is 11.7. The molecule has 5 heteroatoms. The van der Waals surface area contributed by atoms with Gasteiger partial charge in [-0.25, -0.2) is 0 Å². The third-order valence-electron chi connectivity index (χ3n) is 3.07. The summed E-state index contributed by atoms with van der Waals surface area (Å²) in [6.07, 6.45) is 0. The number of nitrogens with zero attached hydrogens (tertiary/aromatic N) is 1. The molecule has 1 amide bonds. The van der Waals surface area contributed by atoms with Crippen molar-refractivity contribution in [3.63, 3.8) is 0 Å². The van der Waals surface area contributed by atoms with Crippen LogP contribution in [0.25, 0.3) is 0 Å². The quantitative estimate of drug-likeness (QED) is 0.805. The van der Waals surface area contributed by atoms with E-state index in [4.69, 9.17) is 5.73 Å². The molecule has 1 aromatic rings. The maximum absolute atomic E-state index is 11.7. The Morgan fingerprint density at radius 2 is 1.90 bits per heavy atom. The van der Waals surface area contributed by atoms with Gasteiger partial charge in [-0.05, 0) is 19.5 Å². The average Bonchev–Trinajstić information content (AvgIpc) is 2.38. The molecule has 0 spiro atoms. The van der Waals surface area contributed by atoms with Gasteiger partial charge in [-0.1, -0.05) is 37.3 Å². The molecule has 0 aromatic heterocycles. The Morgan fingerprint density at radius 1 is 1.30 bits per heavy atom. The largest absolute Gasteiger partial charge is 0.352 e. The van der Waals surface area contributed by atoms with Crippen molar-refractivity contribution in [2.45, 2.75) is 26.4 Å². The molecule has 0 aliphatic carbocycles. The second kappa shape index (κ2) is 9.75. The van der Waals surface area contributed by atoms with Crippen LogP contribution in [0.5, 0.6) is 0 Å². The standard InChI is InChI=1S/C15H25N3O.ClH/c1-12(9-16)15(19)17-13(2)10-18(3)11-14-7-5-4-6-8-14;/h4-8,12-13H,9-11,16H2,1-3H3,(H,17,19);1H. The highest BCUT2D eigenvalue weighted by atomic mass is 35.5. The number of amides is 1. The summed E-state index contributed by atoms with van der Waals surface area (Å²) >= 11 is 0. The number of nitrogens with one attached hydrogen (secondary N) is 1. The first kappa shape index (κ1) is 18.9. The van der Waals surface area contributed by atoms with E-state index in [1.54, 1.807) is 0 Å². The van der Waals surface area contributed by atoms with Crippen LogP contribution in [-0.4, -0.2) is 37.0 Å². The van der Waals surface area contributed by atoms with E-state index in [9.17, 15) is 4.79 Å². The van der Waals surface area contributed by atoms with Gasteiger partial charge in [-0.3, -0.25) is 4.79 Å². The molecule has 3 N–H and O–H groups in total. The van der Waals surface area contributed by atoms with Crippen molar-refractivity contribution in [2.75, 3.05) is 20.1 Å². The van der Waals surface area contributed by atoms with Gasteiger partial charge in [0.15, 0.2) is 0 Å². The zero-order chi connectivity index (χ0) is 14.3. The summed E-state index contributed by atoms with van der Waals surface area (Å²) in [6, 6.07) is 10.4.